The van der Waals surface area contributed by atoms with Gasteiger partial charge in [0, 0.05) is 18.6 Å². The lowest BCUT2D eigenvalue weighted by Gasteiger charge is -2.09. The first-order chi connectivity index (χ1) is 12.4. The zero-order chi connectivity index (χ0) is 18.7. The van der Waals surface area contributed by atoms with Gasteiger partial charge in [-0.3, -0.25) is 4.98 Å². The lowest BCUT2D eigenvalue weighted by Crippen LogP contribution is -2.09. The summed E-state index contributed by atoms with van der Waals surface area (Å²) < 4.78 is 36.5. The molecule has 0 aliphatic carbocycles. The second-order valence-corrected chi connectivity index (χ2v) is 5.29. The fraction of sp³-hybridized carbons (Fsp3) is 0.118. The number of nitrogens with zero attached hydrogens (tertiary/aromatic N) is 2. The molecule has 0 atom stereocenters. The van der Waals surface area contributed by atoms with Gasteiger partial charge in [-0.25, -0.2) is 9.78 Å². The predicted octanol–water partition coefficient (Wildman–Crippen LogP) is 3.55. The van der Waals surface area contributed by atoms with Crippen LogP contribution in [-0.2, 0) is 6.18 Å². The van der Waals surface area contributed by atoms with E-state index in [-0.39, 0.29) is 11.5 Å². The number of aromatic amines is 2. The maximum atomic E-state index is 12.2. The first kappa shape index (κ1) is 17.5. The zero-order valence-electron chi connectivity index (χ0n) is 13.6. The molecule has 134 valence electrons. The molecule has 0 radical (unpaired) electrons. The number of para-hydroxylation sites is 1. The Morgan fingerprint density at radius 2 is 1.81 bits per heavy atom. The van der Waals surface area contributed by atoms with Crippen molar-refractivity contribution >= 4 is 27.8 Å². The molecule has 0 fully saturated rings. The van der Waals surface area contributed by atoms with Crippen LogP contribution in [0.15, 0.2) is 53.6 Å². The molecule has 6 nitrogen and oxygen atoms in total. The summed E-state index contributed by atoms with van der Waals surface area (Å²) in [6.45, 7) is 0. The molecular formula is C17H14F3N5O. The predicted molar refractivity (Wildman–Crippen MR) is 93.0 cm³/mol. The van der Waals surface area contributed by atoms with Crippen LogP contribution in [0, 0.1) is 0 Å². The minimum Gasteiger partial charge on any atom is -0.373 e. The summed E-state index contributed by atoms with van der Waals surface area (Å²) in [7, 11) is 1.40. The molecule has 3 heterocycles. The second kappa shape index (κ2) is 6.87. The Balaban J connectivity index is 0.000000153. The third kappa shape index (κ3) is 3.51. The number of pyridine rings is 2. The molecule has 0 aliphatic heterocycles. The standard InChI is InChI=1S/C10H7N3O.C7H7F3N2/c14-10-12-8-5-11-7-4-2-1-3-6(7)9(8)13-10;1-11-6-5(7(8,9)10)3-2-4-12-6/h1-5H,(H2,12,13,14);2-4H,1H3,(H,11,12). The Kier molecular flexibility index (Phi) is 4.61. The molecule has 0 saturated carbocycles. The molecule has 0 amide bonds. The Labute approximate surface area is 145 Å². The van der Waals surface area contributed by atoms with Crippen molar-refractivity contribution in [2.45, 2.75) is 6.18 Å². The molecule has 9 heteroatoms. The first-order valence-electron chi connectivity index (χ1n) is 7.56. The molecule has 4 aromatic rings. The van der Waals surface area contributed by atoms with E-state index >= 15 is 0 Å². The fourth-order valence-corrected chi connectivity index (χ4v) is 2.47. The van der Waals surface area contributed by atoms with Crippen LogP contribution in [-0.4, -0.2) is 27.0 Å². The summed E-state index contributed by atoms with van der Waals surface area (Å²) in [5.74, 6) is -0.148. The van der Waals surface area contributed by atoms with Crippen molar-refractivity contribution in [3.8, 4) is 0 Å². The van der Waals surface area contributed by atoms with Crippen molar-refractivity contribution < 1.29 is 13.2 Å². The van der Waals surface area contributed by atoms with E-state index in [2.05, 4.69) is 25.3 Å². The molecule has 0 unspecified atom stereocenters. The number of nitrogens with one attached hydrogen (secondary N) is 3. The molecule has 3 N–H and O–H groups in total. The average Bonchev–Trinajstić information content (AvgIpc) is 3.02. The molecule has 1 aromatic carbocycles. The third-order valence-electron chi connectivity index (χ3n) is 3.61. The number of fused-ring (bicyclic) bond motifs is 3. The maximum Gasteiger partial charge on any atom is 0.419 e. The highest BCUT2D eigenvalue weighted by Gasteiger charge is 2.33. The Bertz CT molecular complexity index is 1100. The van der Waals surface area contributed by atoms with E-state index in [0.29, 0.717) is 0 Å². The van der Waals surface area contributed by atoms with Gasteiger partial charge >= 0.3 is 11.9 Å². The van der Waals surface area contributed by atoms with Gasteiger partial charge < -0.3 is 15.3 Å². The summed E-state index contributed by atoms with van der Waals surface area (Å²) in [6, 6.07) is 9.94. The fourth-order valence-electron chi connectivity index (χ4n) is 2.47. The summed E-state index contributed by atoms with van der Waals surface area (Å²) in [5.41, 5.74) is 1.51. The van der Waals surface area contributed by atoms with Crippen molar-refractivity contribution in [3.63, 3.8) is 0 Å². The number of rotatable bonds is 1. The van der Waals surface area contributed by atoms with Crippen LogP contribution < -0.4 is 11.0 Å². The van der Waals surface area contributed by atoms with Crippen molar-refractivity contribution in [2.75, 3.05) is 12.4 Å². The first-order valence-corrected chi connectivity index (χ1v) is 7.56. The molecule has 0 spiro atoms. The van der Waals surface area contributed by atoms with Crippen LogP contribution in [0.3, 0.4) is 0 Å². The molecule has 0 saturated heterocycles. The molecule has 26 heavy (non-hydrogen) atoms. The zero-order valence-corrected chi connectivity index (χ0v) is 13.6. The summed E-state index contributed by atoms with van der Waals surface area (Å²) in [6.07, 6.45) is -1.37. The monoisotopic (exact) mass is 361 g/mol. The van der Waals surface area contributed by atoms with E-state index in [4.69, 9.17) is 0 Å². The minimum atomic E-state index is -4.34. The van der Waals surface area contributed by atoms with Crippen LogP contribution in [0.4, 0.5) is 19.0 Å². The number of alkyl halides is 3. The smallest absolute Gasteiger partial charge is 0.373 e. The maximum absolute atomic E-state index is 12.2. The molecule has 3 aromatic heterocycles. The van der Waals surface area contributed by atoms with Crippen LogP contribution in [0.5, 0.6) is 0 Å². The molecule has 0 bridgehead atoms. The van der Waals surface area contributed by atoms with Gasteiger partial charge in [-0.1, -0.05) is 18.2 Å². The SMILES string of the molecule is CNc1ncccc1C(F)(F)F.O=c1[nH]c2cnc3ccccc3c2[nH]1. The Hall–Kier alpha value is -3.36. The van der Waals surface area contributed by atoms with Crippen LogP contribution in [0.2, 0.25) is 0 Å². The minimum absolute atomic E-state index is 0.148. The number of hydrogen-bond acceptors (Lipinski definition) is 4. The average molecular weight is 361 g/mol. The number of hydrogen-bond donors (Lipinski definition) is 3. The number of imidazole rings is 1. The van der Waals surface area contributed by atoms with Gasteiger partial charge in [-0.2, -0.15) is 13.2 Å². The molecule has 0 aliphatic rings. The number of benzene rings is 1. The van der Waals surface area contributed by atoms with Gasteiger partial charge in [0.2, 0.25) is 0 Å². The van der Waals surface area contributed by atoms with Crippen molar-refractivity contribution in [2.24, 2.45) is 0 Å². The molecule has 4 rings (SSSR count). The van der Waals surface area contributed by atoms with Gasteiger partial charge in [0.15, 0.2) is 0 Å². The van der Waals surface area contributed by atoms with Crippen molar-refractivity contribution in [3.05, 3.63) is 64.8 Å². The van der Waals surface area contributed by atoms with Gasteiger partial charge in [-0.15, -0.1) is 0 Å². The van der Waals surface area contributed by atoms with Gasteiger partial charge in [0.1, 0.15) is 5.82 Å². The van der Waals surface area contributed by atoms with Gasteiger partial charge in [-0.05, 0) is 18.2 Å². The highest BCUT2D eigenvalue weighted by Crippen LogP contribution is 2.32. The van der Waals surface area contributed by atoms with E-state index in [1.807, 2.05) is 24.3 Å². The quantitative estimate of drug-likeness (QED) is 0.484. The van der Waals surface area contributed by atoms with Crippen LogP contribution in [0.1, 0.15) is 5.56 Å². The Morgan fingerprint density at radius 1 is 1.04 bits per heavy atom. The lowest BCUT2D eigenvalue weighted by molar-refractivity contribution is -0.137. The molecular weight excluding hydrogens is 347 g/mol. The summed E-state index contributed by atoms with van der Waals surface area (Å²) in [5, 5.41) is 3.33. The number of halogens is 3. The van der Waals surface area contributed by atoms with E-state index in [9.17, 15) is 18.0 Å². The Morgan fingerprint density at radius 3 is 2.50 bits per heavy atom. The van der Waals surface area contributed by atoms with Crippen LogP contribution in [0.25, 0.3) is 21.9 Å². The topological polar surface area (TPSA) is 86.5 Å². The third-order valence-corrected chi connectivity index (χ3v) is 3.61. The number of aromatic nitrogens is 4. The summed E-state index contributed by atoms with van der Waals surface area (Å²) in [4.78, 5) is 24.3. The van der Waals surface area contributed by atoms with Crippen LogP contribution >= 0.6 is 0 Å². The van der Waals surface area contributed by atoms with E-state index in [0.717, 1.165) is 28.0 Å². The van der Waals surface area contributed by atoms with Gasteiger partial charge in [0.25, 0.3) is 0 Å². The number of anilines is 1. The van der Waals surface area contributed by atoms with Crippen molar-refractivity contribution in [1.82, 2.24) is 19.9 Å². The van der Waals surface area contributed by atoms with E-state index in [1.54, 1.807) is 6.20 Å². The largest absolute Gasteiger partial charge is 0.419 e. The highest BCUT2D eigenvalue weighted by atomic mass is 19.4. The van der Waals surface area contributed by atoms with E-state index in [1.165, 1.54) is 19.3 Å². The van der Waals surface area contributed by atoms with E-state index < -0.39 is 11.7 Å². The second-order valence-electron chi connectivity index (χ2n) is 5.29. The highest BCUT2D eigenvalue weighted by molar-refractivity contribution is 6.01. The van der Waals surface area contributed by atoms with Gasteiger partial charge in [0.05, 0.1) is 28.3 Å². The normalized spacial score (nSPS) is 11.2. The van der Waals surface area contributed by atoms with Crippen molar-refractivity contribution in [1.29, 1.82) is 0 Å². The summed E-state index contributed by atoms with van der Waals surface area (Å²) >= 11 is 0. The lowest BCUT2D eigenvalue weighted by atomic mass is 10.2. The number of H-pyrrole nitrogens is 2.